The van der Waals surface area contributed by atoms with Gasteiger partial charge in [-0.2, -0.15) is 8.42 Å². The van der Waals surface area contributed by atoms with E-state index >= 15 is 0 Å². The van der Waals surface area contributed by atoms with Gasteiger partial charge in [0.1, 0.15) is 0 Å². The van der Waals surface area contributed by atoms with Crippen LogP contribution in [0.5, 0.6) is 0 Å². The Hall–Kier alpha value is -1.01. The summed E-state index contributed by atoms with van der Waals surface area (Å²) in [7, 11) is -4.02. The highest BCUT2D eigenvalue weighted by Gasteiger charge is 2.06. The molecule has 1 N–H and O–H groups in total. The maximum Gasteiger partial charge on any atom is 0.294 e. The van der Waals surface area contributed by atoms with Crippen molar-refractivity contribution < 1.29 is 21.8 Å². The van der Waals surface area contributed by atoms with Crippen LogP contribution in [-0.2, 0) is 10.1 Å². The van der Waals surface area contributed by atoms with E-state index in [1.165, 1.54) is 12.1 Å². The van der Waals surface area contributed by atoms with Crippen molar-refractivity contribution in [1.82, 2.24) is 0 Å². The van der Waals surface area contributed by atoms with E-state index in [0.29, 0.717) is 0 Å². The zero-order valence-electron chi connectivity index (χ0n) is 7.44. The van der Waals surface area contributed by atoms with Crippen molar-refractivity contribution >= 4 is 10.1 Å². The molecule has 0 spiro atoms. The number of halogens is 2. The molecule has 0 amide bonds. The SMILES string of the molecule is Cc1ccc(S(=O)(=O)O)cc1.FCF. The van der Waals surface area contributed by atoms with Crippen molar-refractivity contribution in [3.8, 4) is 0 Å². The fourth-order valence-corrected chi connectivity index (χ4v) is 1.19. The summed E-state index contributed by atoms with van der Waals surface area (Å²) in [6.07, 6.45) is 0. The highest BCUT2D eigenvalue weighted by atomic mass is 32.2. The quantitative estimate of drug-likeness (QED) is 0.743. The highest BCUT2D eigenvalue weighted by molar-refractivity contribution is 7.85. The van der Waals surface area contributed by atoms with Crippen LogP contribution in [0.2, 0.25) is 0 Å². The molecule has 0 bridgehead atoms. The van der Waals surface area contributed by atoms with E-state index in [4.69, 9.17) is 4.55 Å². The van der Waals surface area contributed by atoms with Crippen molar-refractivity contribution in [3.63, 3.8) is 0 Å². The minimum Gasteiger partial charge on any atom is -0.282 e. The molecule has 6 heteroatoms. The first kappa shape index (κ1) is 13.0. The average Bonchev–Trinajstić information content (AvgIpc) is 2.04. The summed E-state index contributed by atoms with van der Waals surface area (Å²) in [5.41, 5.74) is 0.956. The predicted molar refractivity (Wildman–Crippen MR) is 48.1 cm³/mol. The number of rotatable bonds is 1. The van der Waals surface area contributed by atoms with Crippen molar-refractivity contribution in [2.75, 3.05) is 6.93 Å². The van der Waals surface area contributed by atoms with E-state index in [-0.39, 0.29) is 4.90 Å². The fourth-order valence-electron chi connectivity index (χ4n) is 0.710. The minimum atomic E-state index is -4.02. The summed E-state index contributed by atoms with van der Waals surface area (Å²) >= 11 is 0. The zero-order valence-corrected chi connectivity index (χ0v) is 8.26. The van der Waals surface area contributed by atoms with Crippen LogP contribution in [0.4, 0.5) is 8.78 Å². The topological polar surface area (TPSA) is 54.4 Å². The third kappa shape index (κ3) is 4.88. The number of alkyl halides is 2. The van der Waals surface area contributed by atoms with Crippen molar-refractivity contribution in [3.05, 3.63) is 29.8 Å². The van der Waals surface area contributed by atoms with E-state index in [1.807, 2.05) is 6.92 Å². The molecule has 0 aliphatic carbocycles. The predicted octanol–water partition coefficient (Wildman–Crippen LogP) is 2.12. The standard InChI is InChI=1S/C7H8O3S.CH2F2/c1-6-2-4-7(5-3-6)11(8,9)10;2-1-3/h2-5H,1H3,(H,8,9,10);1H2. The lowest BCUT2D eigenvalue weighted by Crippen LogP contribution is -1.96. The Kier molecular flexibility index (Phi) is 5.26. The van der Waals surface area contributed by atoms with Crippen LogP contribution in [0.15, 0.2) is 29.2 Å². The molecule has 0 radical (unpaired) electrons. The molecule has 0 heterocycles. The van der Waals surface area contributed by atoms with Gasteiger partial charge in [0.25, 0.3) is 10.1 Å². The Balaban J connectivity index is 0.000000500. The summed E-state index contributed by atoms with van der Waals surface area (Å²) in [4.78, 5) is -0.0666. The molecule has 0 saturated heterocycles. The first-order valence-electron chi connectivity index (χ1n) is 3.58. The number of hydrogen-bond donors (Lipinski definition) is 1. The summed E-state index contributed by atoms with van der Waals surface area (Å²) in [5, 5.41) is 0. The number of benzene rings is 1. The third-order valence-electron chi connectivity index (χ3n) is 1.32. The van der Waals surface area contributed by atoms with Crippen LogP contribution < -0.4 is 0 Å². The fraction of sp³-hybridized carbons (Fsp3) is 0.250. The molecule has 14 heavy (non-hydrogen) atoms. The van der Waals surface area contributed by atoms with Crippen LogP contribution in [0, 0.1) is 6.92 Å². The normalized spacial score (nSPS) is 10.3. The van der Waals surface area contributed by atoms with E-state index in [1.54, 1.807) is 12.1 Å². The zero-order chi connectivity index (χ0) is 11.2. The second-order valence-corrected chi connectivity index (χ2v) is 3.81. The molecule has 0 aromatic heterocycles. The summed E-state index contributed by atoms with van der Waals surface area (Å²) < 4.78 is 48.8. The average molecular weight is 224 g/mol. The van der Waals surface area contributed by atoms with Gasteiger partial charge in [-0.15, -0.1) is 0 Å². The van der Waals surface area contributed by atoms with Gasteiger partial charge in [0.2, 0.25) is 6.93 Å². The Morgan fingerprint density at radius 1 is 1.21 bits per heavy atom. The highest BCUT2D eigenvalue weighted by Crippen LogP contribution is 2.08. The lowest BCUT2D eigenvalue weighted by atomic mass is 10.2. The van der Waals surface area contributed by atoms with Gasteiger partial charge in [-0.25, -0.2) is 8.78 Å². The largest absolute Gasteiger partial charge is 0.294 e. The Morgan fingerprint density at radius 2 is 1.57 bits per heavy atom. The smallest absolute Gasteiger partial charge is 0.282 e. The molecule has 1 rings (SSSR count). The lowest BCUT2D eigenvalue weighted by Gasteiger charge is -1.95. The first-order valence-corrected chi connectivity index (χ1v) is 5.02. The monoisotopic (exact) mass is 224 g/mol. The van der Waals surface area contributed by atoms with Crippen LogP contribution >= 0.6 is 0 Å². The van der Waals surface area contributed by atoms with E-state index < -0.39 is 17.0 Å². The lowest BCUT2D eigenvalue weighted by molar-refractivity contribution is 0.295. The molecule has 0 unspecified atom stereocenters. The van der Waals surface area contributed by atoms with Gasteiger partial charge in [0.05, 0.1) is 4.90 Å². The third-order valence-corrected chi connectivity index (χ3v) is 2.19. The summed E-state index contributed by atoms with van der Waals surface area (Å²) in [6.45, 7) is 0.0910. The second kappa shape index (κ2) is 5.66. The Bertz CT molecular complexity index is 359. The maximum absolute atomic E-state index is 10.5. The Morgan fingerprint density at radius 3 is 1.86 bits per heavy atom. The second-order valence-electron chi connectivity index (χ2n) is 2.39. The molecule has 0 saturated carbocycles. The molecule has 3 nitrogen and oxygen atoms in total. The van der Waals surface area contributed by atoms with Crippen molar-refractivity contribution in [1.29, 1.82) is 0 Å². The van der Waals surface area contributed by atoms with Gasteiger partial charge >= 0.3 is 0 Å². The number of aryl methyl sites for hydroxylation is 1. The summed E-state index contributed by atoms with van der Waals surface area (Å²) in [6, 6.07) is 5.99. The van der Waals surface area contributed by atoms with E-state index in [9.17, 15) is 17.2 Å². The molecular weight excluding hydrogens is 214 g/mol. The molecule has 1 aromatic rings. The first-order chi connectivity index (χ1) is 6.41. The van der Waals surface area contributed by atoms with Gasteiger partial charge in [-0.3, -0.25) is 4.55 Å². The van der Waals surface area contributed by atoms with Gasteiger partial charge in [0.15, 0.2) is 0 Å². The molecule has 0 aliphatic rings. The number of hydrogen-bond acceptors (Lipinski definition) is 2. The van der Waals surface area contributed by atoms with Gasteiger partial charge in [-0.05, 0) is 19.1 Å². The maximum atomic E-state index is 10.5. The Labute approximate surface area is 81.1 Å². The molecule has 0 atom stereocenters. The van der Waals surface area contributed by atoms with Crippen LogP contribution in [0.25, 0.3) is 0 Å². The van der Waals surface area contributed by atoms with E-state index in [2.05, 4.69) is 0 Å². The molecule has 0 fully saturated rings. The molecule has 80 valence electrons. The van der Waals surface area contributed by atoms with Crippen molar-refractivity contribution in [2.45, 2.75) is 11.8 Å². The van der Waals surface area contributed by atoms with Crippen LogP contribution in [0.3, 0.4) is 0 Å². The molecular formula is C8H10F2O3S. The minimum absolute atomic E-state index is 0.0666. The summed E-state index contributed by atoms with van der Waals surface area (Å²) in [5.74, 6) is 0. The van der Waals surface area contributed by atoms with Crippen molar-refractivity contribution in [2.24, 2.45) is 0 Å². The van der Waals surface area contributed by atoms with Gasteiger partial charge in [0, 0.05) is 0 Å². The van der Waals surface area contributed by atoms with Crippen LogP contribution in [-0.4, -0.2) is 19.9 Å². The molecule has 0 aliphatic heterocycles. The van der Waals surface area contributed by atoms with Crippen LogP contribution in [0.1, 0.15) is 5.56 Å². The van der Waals surface area contributed by atoms with E-state index in [0.717, 1.165) is 5.56 Å². The molecule has 1 aromatic carbocycles. The van der Waals surface area contributed by atoms with Gasteiger partial charge in [-0.1, -0.05) is 17.7 Å². The van der Waals surface area contributed by atoms with Gasteiger partial charge < -0.3 is 0 Å².